The Kier molecular flexibility index (Phi) is 9.57. The lowest BCUT2D eigenvalue weighted by Gasteiger charge is -2.29. The van der Waals surface area contributed by atoms with E-state index in [2.05, 4.69) is 43.4 Å². The predicted molar refractivity (Wildman–Crippen MR) is 125 cm³/mol. The van der Waals surface area contributed by atoms with Gasteiger partial charge in [0.1, 0.15) is 11.8 Å². The molecule has 5 heteroatoms. The van der Waals surface area contributed by atoms with Crippen LogP contribution in [-0.2, 0) is 22.6 Å². The van der Waals surface area contributed by atoms with Crippen molar-refractivity contribution < 1.29 is 14.3 Å². The first-order valence-electron chi connectivity index (χ1n) is 11.1. The summed E-state index contributed by atoms with van der Waals surface area (Å²) in [6.45, 7) is 9.10. The number of amides is 2. The summed E-state index contributed by atoms with van der Waals surface area (Å²) in [6, 6.07) is 15.5. The highest BCUT2D eigenvalue weighted by atomic mass is 16.5. The van der Waals surface area contributed by atoms with Crippen molar-refractivity contribution in [3.8, 4) is 5.75 Å². The van der Waals surface area contributed by atoms with Crippen LogP contribution in [0.25, 0.3) is 0 Å². The fourth-order valence-corrected chi connectivity index (χ4v) is 3.41. The third kappa shape index (κ3) is 7.42. The molecule has 0 saturated heterocycles. The highest BCUT2D eigenvalue weighted by Crippen LogP contribution is 2.19. The minimum atomic E-state index is -0.548. The van der Waals surface area contributed by atoms with Crippen molar-refractivity contribution in [2.45, 2.75) is 65.5 Å². The van der Waals surface area contributed by atoms with Crippen molar-refractivity contribution in [1.29, 1.82) is 0 Å². The lowest BCUT2D eigenvalue weighted by Crippen LogP contribution is -2.47. The quantitative estimate of drug-likeness (QED) is 0.569. The molecule has 2 amide bonds. The van der Waals surface area contributed by atoms with Gasteiger partial charge in [0.05, 0.1) is 7.11 Å². The van der Waals surface area contributed by atoms with E-state index in [0.717, 1.165) is 23.3 Å². The summed E-state index contributed by atoms with van der Waals surface area (Å²) in [5.74, 6) is 1.06. The average molecular weight is 425 g/mol. The molecule has 2 aromatic rings. The van der Waals surface area contributed by atoms with Crippen LogP contribution in [0.1, 0.15) is 63.1 Å². The van der Waals surface area contributed by atoms with E-state index < -0.39 is 6.04 Å². The van der Waals surface area contributed by atoms with E-state index in [-0.39, 0.29) is 11.8 Å². The Morgan fingerprint density at radius 2 is 1.74 bits per heavy atom. The maximum atomic E-state index is 13.2. The molecule has 1 N–H and O–H groups in total. The van der Waals surface area contributed by atoms with Crippen LogP contribution in [-0.4, -0.2) is 36.4 Å². The lowest BCUT2D eigenvalue weighted by molar-refractivity contribution is -0.140. The number of benzene rings is 2. The molecule has 0 fully saturated rings. The number of hydrogen-bond acceptors (Lipinski definition) is 3. The van der Waals surface area contributed by atoms with Gasteiger partial charge in [-0.25, -0.2) is 0 Å². The molecule has 31 heavy (non-hydrogen) atoms. The molecule has 0 spiro atoms. The number of methoxy groups -OCH3 is 1. The van der Waals surface area contributed by atoms with Crippen LogP contribution in [0.3, 0.4) is 0 Å². The van der Waals surface area contributed by atoms with Crippen LogP contribution in [0.2, 0.25) is 0 Å². The molecule has 0 aliphatic rings. The van der Waals surface area contributed by atoms with E-state index >= 15 is 0 Å². The molecule has 168 valence electrons. The summed E-state index contributed by atoms with van der Waals surface area (Å²) in [5, 5.41) is 2.91. The molecule has 2 aromatic carbocycles. The molecular formula is C26H36N2O3. The highest BCUT2D eigenvalue weighted by molar-refractivity contribution is 5.87. The number of hydrogen-bond donors (Lipinski definition) is 1. The maximum Gasteiger partial charge on any atom is 0.242 e. The zero-order valence-corrected chi connectivity index (χ0v) is 19.5. The Balaban J connectivity index is 2.13. The van der Waals surface area contributed by atoms with Crippen LogP contribution in [0, 0.1) is 0 Å². The second kappa shape index (κ2) is 12.1. The monoisotopic (exact) mass is 424 g/mol. The fourth-order valence-electron chi connectivity index (χ4n) is 3.41. The Morgan fingerprint density at radius 3 is 2.35 bits per heavy atom. The summed E-state index contributed by atoms with van der Waals surface area (Å²) < 4.78 is 5.31. The van der Waals surface area contributed by atoms with Gasteiger partial charge in [-0.15, -0.1) is 0 Å². The van der Waals surface area contributed by atoms with E-state index in [1.165, 1.54) is 5.56 Å². The normalized spacial score (nSPS) is 11.8. The summed E-state index contributed by atoms with van der Waals surface area (Å²) in [6.07, 6.45) is 1.86. The topological polar surface area (TPSA) is 58.6 Å². The number of ether oxygens (including phenoxy) is 1. The van der Waals surface area contributed by atoms with Gasteiger partial charge < -0.3 is 15.0 Å². The van der Waals surface area contributed by atoms with Crippen LogP contribution in [0.5, 0.6) is 5.75 Å². The van der Waals surface area contributed by atoms with Gasteiger partial charge in [0.25, 0.3) is 0 Å². The second-order valence-corrected chi connectivity index (χ2v) is 8.24. The van der Waals surface area contributed by atoms with E-state index in [0.29, 0.717) is 31.8 Å². The number of aryl methyl sites for hydroxylation is 1. The Bertz CT molecular complexity index is 846. The molecule has 1 atom stereocenters. The van der Waals surface area contributed by atoms with E-state index in [1.54, 1.807) is 18.9 Å². The van der Waals surface area contributed by atoms with Gasteiger partial charge in [0.15, 0.2) is 0 Å². The zero-order chi connectivity index (χ0) is 22.8. The number of carbonyl (C=O) groups is 2. The Labute approximate surface area is 186 Å². The predicted octanol–water partition coefficient (Wildman–Crippen LogP) is 4.69. The molecule has 0 bridgehead atoms. The van der Waals surface area contributed by atoms with Gasteiger partial charge >= 0.3 is 0 Å². The summed E-state index contributed by atoms with van der Waals surface area (Å²) >= 11 is 0. The number of rotatable bonds is 11. The van der Waals surface area contributed by atoms with Crippen molar-refractivity contribution in [3.63, 3.8) is 0 Å². The molecule has 2 rings (SSSR count). The Hall–Kier alpha value is -2.82. The average Bonchev–Trinajstić information content (AvgIpc) is 2.79. The highest BCUT2D eigenvalue weighted by Gasteiger charge is 2.25. The first-order valence-corrected chi connectivity index (χ1v) is 11.1. The van der Waals surface area contributed by atoms with Crippen LogP contribution < -0.4 is 10.1 Å². The molecular weight excluding hydrogens is 388 g/mol. The van der Waals surface area contributed by atoms with Gasteiger partial charge in [0, 0.05) is 19.5 Å². The minimum absolute atomic E-state index is 0.0325. The van der Waals surface area contributed by atoms with Crippen LogP contribution in [0.4, 0.5) is 0 Å². The van der Waals surface area contributed by atoms with Gasteiger partial charge in [-0.3, -0.25) is 9.59 Å². The molecule has 0 aliphatic heterocycles. The van der Waals surface area contributed by atoms with Crippen molar-refractivity contribution in [1.82, 2.24) is 10.2 Å². The number of nitrogens with one attached hydrogen (secondary N) is 1. The van der Waals surface area contributed by atoms with Crippen molar-refractivity contribution in [2.75, 3.05) is 13.7 Å². The van der Waals surface area contributed by atoms with Crippen molar-refractivity contribution >= 4 is 11.8 Å². The van der Waals surface area contributed by atoms with Gasteiger partial charge in [-0.05, 0) is 54.5 Å². The molecule has 5 nitrogen and oxygen atoms in total. The molecule has 0 aliphatic carbocycles. The van der Waals surface area contributed by atoms with E-state index in [4.69, 9.17) is 4.74 Å². The standard InChI is InChI=1S/C26H36N2O3/c1-6-16-27-26(30)20(4)28(18-22-8-7-9-24(17-22)31-5)25(29)15-12-21-10-13-23(14-11-21)19(2)3/h7-11,13-14,17,19-20H,6,12,15-16,18H2,1-5H3,(H,27,30). The van der Waals surface area contributed by atoms with Crippen LogP contribution >= 0.6 is 0 Å². The third-order valence-corrected chi connectivity index (χ3v) is 5.48. The largest absolute Gasteiger partial charge is 0.497 e. The summed E-state index contributed by atoms with van der Waals surface area (Å²) in [5.41, 5.74) is 3.35. The number of carbonyl (C=O) groups excluding carboxylic acids is 2. The number of nitrogens with zero attached hydrogens (tertiary/aromatic N) is 1. The van der Waals surface area contributed by atoms with E-state index in [9.17, 15) is 9.59 Å². The van der Waals surface area contributed by atoms with Crippen molar-refractivity contribution in [3.05, 3.63) is 65.2 Å². The molecule has 0 radical (unpaired) electrons. The van der Waals surface area contributed by atoms with Gasteiger partial charge in [-0.2, -0.15) is 0 Å². The van der Waals surface area contributed by atoms with Crippen LogP contribution in [0.15, 0.2) is 48.5 Å². The smallest absolute Gasteiger partial charge is 0.242 e. The molecule has 1 unspecified atom stereocenters. The molecule has 0 saturated carbocycles. The summed E-state index contributed by atoms with van der Waals surface area (Å²) in [7, 11) is 1.62. The molecule has 0 aromatic heterocycles. The minimum Gasteiger partial charge on any atom is -0.497 e. The first kappa shape index (κ1) is 24.4. The first-order chi connectivity index (χ1) is 14.8. The fraction of sp³-hybridized carbons (Fsp3) is 0.462. The lowest BCUT2D eigenvalue weighted by atomic mass is 10.00. The third-order valence-electron chi connectivity index (χ3n) is 5.48. The SMILES string of the molecule is CCCNC(=O)C(C)N(Cc1cccc(OC)c1)C(=O)CCc1ccc(C(C)C)cc1. The second-order valence-electron chi connectivity index (χ2n) is 8.24. The van der Waals surface area contributed by atoms with Crippen molar-refractivity contribution in [2.24, 2.45) is 0 Å². The molecule has 0 heterocycles. The zero-order valence-electron chi connectivity index (χ0n) is 19.5. The van der Waals surface area contributed by atoms with E-state index in [1.807, 2.05) is 31.2 Å². The van der Waals surface area contributed by atoms with Gasteiger partial charge in [-0.1, -0.05) is 57.2 Å². The Morgan fingerprint density at radius 1 is 1.03 bits per heavy atom. The van der Waals surface area contributed by atoms with Gasteiger partial charge in [0.2, 0.25) is 11.8 Å². The summed E-state index contributed by atoms with van der Waals surface area (Å²) in [4.78, 5) is 27.5. The maximum absolute atomic E-state index is 13.2.